The van der Waals surface area contributed by atoms with Crippen LogP contribution in [-0.2, 0) is 25.1 Å². The summed E-state index contributed by atoms with van der Waals surface area (Å²) < 4.78 is 47.2. The van der Waals surface area contributed by atoms with E-state index < -0.39 is 28.7 Å². The summed E-state index contributed by atoms with van der Waals surface area (Å²) in [5.74, 6) is -0.148. The predicted octanol–water partition coefficient (Wildman–Crippen LogP) is 4.59. The van der Waals surface area contributed by atoms with Crippen molar-refractivity contribution in [3.05, 3.63) is 88.7 Å². The van der Waals surface area contributed by atoms with Gasteiger partial charge in [-0.1, -0.05) is 13.0 Å². The first-order chi connectivity index (χ1) is 20.1. The fraction of sp³-hybridized carbons (Fsp3) is 0.400. The van der Waals surface area contributed by atoms with E-state index in [1.807, 2.05) is 26.2 Å². The molecule has 3 rings (SSSR count). The number of nitrogens with zero attached hydrogens (tertiary/aromatic N) is 4. The highest BCUT2D eigenvalue weighted by Crippen LogP contribution is 2.28. The Morgan fingerprint density at radius 1 is 1.21 bits per heavy atom. The lowest BCUT2D eigenvalue weighted by molar-refractivity contribution is 0.610. The summed E-state index contributed by atoms with van der Waals surface area (Å²) in [6.45, 7) is 9.40. The van der Waals surface area contributed by atoms with Gasteiger partial charge in [-0.05, 0) is 61.7 Å². The van der Waals surface area contributed by atoms with Crippen molar-refractivity contribution in [2.75, 3.05) is 42.7 Å². The van der Waals surface area contributed by atoms with Gasteiger partial charge in [-0.2, -0.15) is 5.10 Å². The van der Waals surface area contributed by atoms with Gasteiger partial charge in [0.1, 0.15) is 17.5 Å². The van der Waals surface area contributed by atoms with E-state index in [1.165, 1.54) is 30.4 Å². The van der Waals surface area contributed by atoms with Crippen molar-refractivity contribution in [2.24, 2.45) is 14.1 Å². The van der Waals surface area contributed by atoms with Crippen molar-refractivity contribution in [3.63, 3.8) is 0 Å². The van der Waals surface area contributed by atoms with Crippen molar-refractivity contribution >= 4 is 33.3 Å². The Morgan fingerprint density at radius 2 is 1.98 bits per heavy atom. The third kappa shape index (κ3) is 8.62. The number of anilines is 2. The molecular formula is C30H41F2N7O2S. The topological polar surface area (TPSA) is 96.2 Å². The number of allylic oxidation sites excluding steroid dienone is 4. The Bertz CT molecular complexity index is 1530. The number of nitrogens with one attached hydrogen (secondary N) is 3. The SMILES string of the molecule is C=CC/C(F)=C\C=C(/CS(=O)NC)N[C@H](C)c1cc(F)cc2c(=O)n(C)c(N(CCC)CCNc3cnn(C)c3)cc12. The van der Waals surface area contributed by atoms with Gasteiger partial charge in [0.15, 0.2) is 0 Å². The van der Waals surface area contributed by atoms with E-state index >= 15 is 0 Å². The van der Waals surface area contributed by atoms with E-state index in [2.05, 4.69) is 38.9 Å². The monoisotopic (exact) mass is 601 g/mol. The maximum atomic E-state index is 14.9. The molecule has 0 bridgehead atoms. The zero-order chi connectivity index (χ0) is 30.8. The van der Waals surface area contributed by atoms with Gasteiger partial charge < -0.3 is 15.5 Å². The molecule has 0 saturated heterocycles. The van der Waals surface area contributed by atoms with Crippen LogP contribution in [0.2, 0.25) is 0 Å². The standard InChI is InChI=1S/C30H41F2N7O2S/c1-7-9-22(31)10-11-24(20-42(41)33-4)36-21(3)26-15-23(32)16-28-27(26)17-29(38(6)30(28)40)39(13-8-2)14-12-34-25-18-35-37(5)19-25/h7,10-11,15-19,21,33-34,36H,1,8-9,12-14,20H2,2-6H3/b22-10+,24-11+/t21-,42?/m1/s1. The number of hydrogen-bond acceptors (Lipinski definition) is 6. The number of benzene rings is 1. The normalized spacial score (nSPS) is 13.7. The highest BCUT2D eigenvalue weighted by molar-refractivity contribution is 7.83. The minimum absolute atomic E-state index is 0.0705. The predicted molar refractivity (Wildman–Crippen MR) is 169 cm³/mol. The summed E-state index contributed by atoms with van der Waals surface area (Å²) in [5.41, 5.74) is 1.65. The van der Waals surface area contributed by atoms with Crippen LogP contribution in [0.3, 0.4) is 0 Å². The van der Waals surface area contributed by atoms with Gasteiger partial charge in [0.2, 0.25) is 0 Å². The maximum absolute atomic E-state index is 14.9. The summed E-state index contributed by atoms with van der Waals surface area (Å²) in [7, 11) is 3.70. The molecule has 2 aromatic heterocycles. The number of aryl methyl sites for hydroxylation is 1. The van der Waals surface area contributed by atoms with Crippen molar-refractivity contribution < 1.29 is 13.0 Å². The van der Waals surface area contributed by atoms with Gasteiger partial charge in [0.25, 0.3) is 5.56 Å². The Hall–Kier alpha value is -3.77. The largest absolute Gasteiger partial charge is 0.381 e. The molecule has 0 aliphatic heterocycles. The number of aromatic nitrogens is 3. The van der Waals surface area contributed by atoms with Crippen molar-refractivity contribution in [2.45, 2.75) is 32.7 Å². The molecule has 9 nitrogen and oxygen atoms in total. The number of halogens is 2. The third-order valence-electron chi connectivity index (χ3n) is 6.75. The molecule has 0 saturated carbocycles. The Kier molecular flexibility index (Phi) is 12.0. The molecule has 228 valence electrons. The number of fused-ring (bicyclic) bond motifs is 1. The Labute approximate surface area is 248 Å². The molecule has 0 fully saturated rings. The smallest absolute Gasteiger partial charge is 0.259 e. The average molecular weight is 602 g/mol. The first-order valence-electron chi connectivity index (χ1n) is 13.9. The Morgan fingerprint density at radius 3 is 2.62 bits per heavy atom. The van der Waals surface area contributed by atoms with E-state index in [1.54, 1.807) is 29.5 Å². The first-order valence-corrected chi connectivity index (χ1v) is 15.2. The molecule has 3 N–H and O–H groups in total. The number of pyridine rings is 1. The second kappa shape index (κ2) is 15.5. The molecule has 1 aromatic carbocycles. The average Bonchev–Trinajstić information content (AvgIpc) is 3.37. The number of rotatable bonds is 16. The highest BCUT2D eigenvalue weighted by atomic mass is 32.2. The summed E-state index contributed by atoms with van der Waals surface area (Å²) in [4.78, 5) is 15.7. The van der Waals surface area contributed by atoms with E-state index in [0.717, 1.165) is 12.1 Å². The third-order valence-corrected chi connectivity index (χ3v) is 7.78. The van der Waals surface area contributed by atoms with Crippen LogP contribution in [0.15, 0.2) is 71.7 Å². The minimum Gasteiger partial charge on any atom is -0.381 e. The van der Waals surface area contributed by atoms with Crippen LogP contribution < -0.4 is 25.8 Å². The Balaban J connectivity index is 2.01. The molecule has 3 aromatic rings. The fourth-order valence-corrected chi connectivity index (χ4v) is 5.32. The molecule has 0 amide bonds. The summed E-state index contributed by atoms with van der Waals surface area (Å²) in [5, 5.41) is 11.7. The van der Waals surface area contributed by atoms with Gasteiger partial charge in [-0.15, -0.1) is 6.58 Å². The lowest BCUT2D eigenvalue weighted by Crippen LogP contribution is -2.34. The van der Waals surface area contributed by atoms with Crippen molar-refractivity contribution in [3.8, 4) is 0 Å². The van der Waals surface area contributed by atoms with Crippen molar-refractivity contribution in [1.82, 2.24) is 24.4 Å². The van der Waals surface area contributed by atoms with Crippen LogP contribution in [-0.4, -0.2) is 51.0 Å². The molecule has 0 aliphatic rings. The van der Waals surface area contributed by atoms with Crippen LogP contribution in [0, 0.1) is 5.82 Å². The van der Waals surface area contributed by atoms with Crippen LogP contribution in [0.25, 0.3) is 10.8 Å². The van der Waals surface area contributed by atoms with E-state index in [4.69, 9.17) is 0 Å². The molecule has 1 unspecified atom stereocenters. The first kappa shape index (κ1) is 32.7. The van der Waals surface area contributed by atoms with Gasteiger partial charge in [-0.25, -0.2) is 17.7 Å². The van der Waals surface area contributed by atoms with Crippen LogP contribution in [0.4, 0.5) is 20.3 Å². The molecule has 2 atom stereocenters. The summed E-state index contributed by atoms with van der Waals surface area (Å²) >= 11 is 0. The van der Waals surface area contributed by atoms with Gasteiger partial charge in [0, 0.05) is 58.1 Å². The van der Waals surface area contributed by atoms with Crippen LogP contribution in [0.5, 0.6) is 0 Å². The second-order valence-electron chi connectivity index (χ2n) is 10.00. The molecule has 0 spiro atoms. The summed E-state index contributed by atoms with van der Waals surface area (Å²) in [6, 6.07) is 4.08. The van der Waals surface area contributed by atoms with Crippen molar-refractivity contribution in [1.29, 1.82) is 0 Å². The quantitative estimate of drug-likeness (QED) is 0.164. The van der Waals surface area contributed by atoms with E-state index in [0.29, 0.717) is 42.1 Å². The van der Waals surface area contributed by atoms with Gasteiger partial charge in [0.05, 0.1) is 34.0 Å². The van der Waals surface area contributed by atoms with Crippen LogP contribution >= 0.6 is 0 Å². The second-order valence-corrected chi connectivity index (χ2v) is 11.4. The highest BCUT2D eigenvalue weighted by Gasteiger charge is 2.19. The zero-order valence-electron chi connectivity index (χ0n) is 24.9. The van der Waals surface area contributed by atoms with Gasteiger partial charge >= 0.3 is 0 Å². The minimum atomic E-state index is -1.41. The summed E-state index contributed by atoms with van der Waals surface area (Å²) in [6.07, 6.45) is 8.85. The van der Waals surface area contributed by atoms with E-state index in [-0.39, 0.29) is 23.1 Å². The zero-order valence-corrected chi connectivity index (χ0v) is 25.7. The van der Waals surface area contributed by atoms with Crippen LogP contribution in [0.1, 0.15) is 38.3 Å². The maximum Gasteiger partial charge on any atom is 0.259 e. The van der Waals surface area contributed by atoms with E-state index in [9.17, 15) is 17.8 Å². The fourth-order valence-electron chi connectivity index (χ4n) is 4.71. The molecular weight excluding hydrogens is 560 g/mol. The van der Waals surface area contributed by atoms with Gasteiger partial charge in [-0.3, -0.25) is 14.0 Å². The lowest BCUT2D eigenvalue weighted by Gasteiger charge is -2.28. The number of hydrogen-bond donors (Lipinski definition) is 3. The molecule has 0 radical (unpaired) electrons. The molecule has 0 aliphatic carbocycles. The molecule has 42 heavy (non-hydrogen) atoms. The molecule has 2 heterocycles. The lowest BCUT2D eigenvalue weighted by atomic mass is 9.99. The molecule has 12 heteroatoms.